The van der Waals surface area contributed by atoms with Gasteiger partial charge in [-0.25, -0.2) is 0 Å². The molecule has 0 aromatic heterocycles. The number of nitrogen functional groups attached to an aromatic ring is 1. The number of aliphatic hydroxyl groups excluding tert-OH is 4. The Kier molecular flexibility index (Phi) is 6.77. The number of hydrogen-bond acceptors (Lipinski definition) is 7. The van der Waals surface area contributed by atoms with Crippen LogP contribution in [0.4, 0.5) is 5.69 Å². The molecule has 2 aromatic rings. The van der Waals surface area contributed by atoms with Crippen LogP contribution >= 0.6 is 0 Å². The molecule has 1 fully saturated rings. The molecule has 1 unspecified atom stereocenters. The van der Waals surface area contributed by atoms with Gasteiger partial charge in [0.2, 0.25) is 6.29 Å². The fourth-order valence-electron chi connectivity index (χ4n) is 3.43. The first-order chi connectivity index (χ1) is 13.8. The second-order valence-electron chi connectivity index (χ2n) is 7.51. The number of benzene rings is 2. The van der Waals surface area contributed by atoms with Crippen molar-refractivity contribution in [2.45, 2.75) is 63.5 Å². The third kappa shape index (κ3) is 4.88. The van der Waals surface area contributed by atoms with Crippen LogP contribution in [0.15, 0.2) is 42.5 Å². The SMILES string of the molecule is CCc1ccc(Cc2ccc(N)cc2O[C@@H]2OC([C@@H](C)O)[C@@H](O)[C@H](O)[C@H]2O)cc1. The van der Waals surface area contributed by atoms with E-state index in [0.29, 0.717) is 17.9 Å². The van der Waals surface area contributed by atoms with Gasteiger partial charge in [-0.1, -0.05) is 37.3 Å². The molecule has 6 N–H and O–H groups in total. The Morgan fingerprint density at radius 2 is 1.66 bits per heavy atom. The smallest absolute Gasteiger partial charge is 0.229 e. The maximum absolute atomic E-state index is 10.3. The topological polar surface area (TPSA) is 125 Å². The van der Waals surface area contributed by atoms with Gasteiger partial charge in [0.05, 0.1) is 6.10 Å². The molecule has 1 aliphatic rings. The molecule has 2 aromatic carbocycles. The highest BCUT2D eigenvalue weighted by Crippen LogP contribution is 2.30. The molecule has 0 spiro atoms. The van der Waals surface area contributed by atoms with Crippen LogP contribution < -0.4 is 10.5 Å². The largest absolute Gasteiger partial charge is 0.462 e. The van der Waals surface area contributed by atoms with Crippen molar-refractivity contribution in [3.63, 3.8) is 0 Å². The maximum atomic E-state index is 10.3. The molecule has 1 aliphatic heterocycles. The van der Waals surface area contributed by atoms with E-state index >= 15 is 0 Å². The zero-order chi connectivity index (χ0) is 21.1. The van der Waals surface area contributed by atoms with Crippen LogP contribution in [0, 0.1) is 0 Å². The number of nitrogens with two attached hydrogens (primary N) is 1. The van der Waals surface area contributed by atoms with Crippen molar-refractivity contribution in [3.05, 3.63) is 59.2 Å². The predicted octanol–water partition coefficient (Wildman–Crippen LogP) is 0.989. The molecule has 1 saturated heterocycles. The number of ether oxygens (including phenoxy) is 2. The highest BCUT2D eigenvalue weighted by molar-refractivity contribution is 5.50. The van der Waals surface area contributed by atoms with Crippen LogP contribution in [0.5, 0.6) is 5.75 Å². The summed E-state index contributed by atoms with van der Waals surface area (Å²) in [6.07, 6.45) is -6.31. The van der Waals surface area contributed by atoms with Crippen LogP contribution in [-0.2, 0) is 17.6 Å². The van der Waals surface area contributed by atoms with Gasteiger partial charge in [0, 0.05) is 18.2 Å². The van der Waals surface area contributed by atoms with Crippen LogP contribution in [-0.4, -0.2) is 57.2 Å². The maximum Gasteiger partial charge on any atom is 0.229 e. The minimum absolute atomic E-state index is 0.404. The van der Waals surface area contributed by atoms with E-state index in [-0.39, 0.29) is 0 Å². The Hall–Kier alpha value is -2.16. The second-order valence-corrected chi connectivity index (χ2v) is 7.51. The monoisotopic (exact) mass is 403 g/mol. The van der Waals surface area contributed by atoms with Gasteiger partial charge in [-0.15, -0.1) is 0 Å². The Labute approximate surface area is 170 Å². The van der Waals surface area contributed by atoms with Crippen molar-refractivity contribution in [3.8, 4) is 5.75 Å². The van der Waals surface area contributed by atoms with Gasteiger partial charge in [0.15, 0.2) is 0 Å². The standard InChI is InChI=1S/C22H29NO6/c1-3-13-4-6-14(7-5-13)10-15-8-9-16(23)11-17(15)28-22-20(27)18(25)19(26)21(29-22)12(2)24/h4-9,11-12,18-22,24-27H,3,10,23H2,1-2H3/t12-,18+,19+,20-,21?,22-/m1/s1. The fourth-order valence-corrected chi connectivity index (χ4v) is 3.43. The lowest BCUT2D eigenvalue weighted by Crippen LogP contribution is -2.61. The Morgan fingerprint density at radius 3 is 2.28 bits per heavy atom. The summed E-state index contributed by atoms with van der Waals surface area (Å²) in [4.78, 5) is 0. The molecular weight excluding hydrogens is 374 g/mol. The Morgan fingerprint density at radius 1 is 1.00 bits per heavy atom. The van der Waals surface area contributed by atoms with Crippen LogP contribution in [0.3, 0.4) is 0 Å². The summed E-state index contributed by atoms with van der Waals surface area (Å²) in [6, 6.07) is 13.5. The first kappa shape index (κ1) is 21.5. The molecule has 3 rings (SSSR count). The zero-order valence-corrected chi connectivity index (χ0v) is 16.6. The lowest BCUT2D eigenvalue weighted by atomic mass is 9.96. The summed E-state index contributed by atoms with van der Waals surface area (Å²) in [5.41, 5.74) is 9.54. The van der Waals surface area contributed by atoms with Crippen LogP contribution in [0.1, 0.15) is 30.5 Å². The van der Waals surface area contributed by atoms with Crippen LogP contribution in [0.2, 0.25) is 0 Å². The second kappa shape index (κ2) is 9.11. The van der Waals surface area contributed by atoms with Crippen molar-refractivity contribution in [1.82, 2.24) is 0 Å². The normalized spacial score (nSPS) is 28.1. The van der Waals surface area contributed by atoms with Crippen molar-refractivity contribution in [2.75, 3.05) is 5.73 Å². The Balaban J connectivity index is 1.83. The van der Waals surface area contributed by atoms with Gasteiger partial charge >= 0.3 is 0 Å². The molecule has 1 heterocycles. The van der Waals surface area contributed by atoms with Crippen molar-refractivity contribution >= 4 is 5.69 Å². The summed E-state index contributed by atoms with van der Waals surface area (Å²) in [5.74, 6) is 0.404. The number of anilines is 1. The quantitative estimate of drug-likeness (QED) is 0.456. The number of rotatable bonds is 6. The average molecular weight is 403 g/mol. The van der Waals surface area contributed by atoms with Crippen molar-refractivity contribution < 1.29 is 29.9 Å². The summed E-state index contributed by atoms with van der Waals surface area (Å²) in [7, 11) is 0. The lowest BCUT2D eigenvalue weighted by molar-refractivity contribution is -0.286. The van der Waals surface area contributed by atoms with E-state index < -0.39 is 36.8 Å². The van der Waals surface area contributed by atoms with Crippen molar-refractivity contribution in [2.24, 2.45) is 0 Å². The fraction of sp³-hybridized carbons (Fsp3) is 0.455. The number of aliphatic hydroxyl groups is 4. The molecule has 158 valence electrons. The van der Waals surface area contributed by atoms with Gasteiger partial charge in [-0.2, -0.15) is 0 Å². The van der Waals surface area contributed by atoms with E-state index in [4.69, 9.17) is 15.2 Å². The minimum atomic E-state index is -1.51. The van der Waals surface area contributed by atoms with Gasteiger partial charge in [-0.05, 0) is 36.1 Å². The molecule has 29 heavy (non-hydrogen) atoms. The molecule has 0 bridgehead atoms. The first-order valence-corrected chi connectivity index (χ1v) is 9.80. The highest BCUT2D eigenvalue weighted by atomic mass is 16.7. The van der Waals surface area contributed by atoms with Crippen LogP contribution in [0.25, 0.3) is 0 Å². The van der Waals surface area contributed by atoms with E-state index in [9.17, 15) is 20.4 Å². The van der Waals surface area contributed by atoms with E-state index in [1.54, 1.807) is 12.1 Å². The number of aryl methyl sites for hydroxylation is 1. The van der Waals surface area contributed by atoms with E-state index in [0.717, 1.165) is 17.5 Å². The van der Waals surface area contributed by atoms with Gasteiger partial charge in [0.25, 0.3) is 0 Å². The zero-order valence-electron chi connectivity index (χ0n) is 16.6. The predicted molar refractivity (Wildman–Crippen MR) is 108 cm³/mol. The summed E-state index contributed by atoms with van der Waals surface area (Å²) in [5, 5.41) is 40.3. The van der Waals surface area contributed by atoms with E-state index in [1.807, 2.05) is 6.07 Å². The summed E-state index contributed by atoms with van der Waals surface area (Å²) in [6.45, 7) is 3.53. The minimum Gasteiger partial charge on any atom is -0.462 e. The van der Waals surface area contributed by atoms with Gasteiger partial charge in [0.1, 0.15) is 30.2 Å². The third-order valence-electron chi connectivity index (χ3n) is 5.24. The molecule has 0 amide bonds. The molecule has 0 aliphatic carbocycles. The van der Waals surface area contributed by atoms with Crippen molar-refractivity contribution in [1.29, 1.82) is 0 Å². The average Bonchev–Trinajstić information content (AvgIpc) is 2.70. The van der Waals surface area contributed by atoms with Gasteiger partial charge < -0.3 is 35.6 Å². The third-order valence-corrected chi connectivity index (χ3v) is 5.24. The molecular formula is C22H29NO6. The van der Waals surface area contributed by atoms with E-state index in [2.05, 4.69) is 31.2 Å². The first-order valence-electron chi connectivity index (χ1n) is 9.80. The number of hydrogen-bond donors (Lipinski definition) is 5. The summed E-state index contributed by atoms with van der Waals surface area (Å²) < 4.78 is 11.4. The Bertz CT molecular complexity index is 809. The molecule has 7 nitrogen and oxygen atoms in total. The van der Waals surface area contributed by atoms with E-state index in [1.165, 1.54) is 12.5 Å². The summed E-state index contributed by atoms with van der Waals surface area (Å²) >= 11 is 0. The highest BCUT2D eigenvalue weighted by Gasteiger charge is 2.46. The lowest BCUT2D eigenvalue weighted by Gasteiger charge is -2.41. The molecule has 7 heteroatoms. The van der Waals surface area contributed by atoms with Gasteiger partial charge in [-0.3, -0.25) is 0 Å². The molecule has 0 saturated carbocycles. The molecule has 0 radical (unpaired) electrons. The molecule has 6 atom stereocenters.